The maximum atomic E-state index is 12.8. The van der Waals surface area contributed by atoms with Gasteiger partial charge in [0.15, 0.2) is 0 Å². The van der Waals surface area contributed by atoms with Crippen molar-refractivity contribution in [2.45, 2.75) is 44.6 Å². The minimum atomic E-state index is -3.74. The lowest BCUT2D eigenvalue weighted by Gasteiger charge is -2.21. The van der Waals surface area contributed by atoms with Crippen LogP contribution in [-0.4, -0.2) is 22.6 Å². The van der Waals surface area contributed by atoms with E-state index in [1.165, 1.54) is 25.3 Å². The van der Waals surface area contributed by atoms with E-state index in [1.54, 1.807) is 7.11 Å². The average Bonchev–Trinajstić information content (AvgIpc) is 2.60. The van der Waals surface area contributed by atoms with Crippen molar-refractivity contribution in [1.29, 1.82) is 0 Å². The number of hydrogen-bond acceptors (Lipinski definition) is 4. The monoisotopic (exact) mass is 411 g/mol. The third-order valence-electron chi connectivity index (χ3n) is 4.47. The third-order valence-corrected chi connectivity index (χ3v) is 6.31. The summed E-state index contributed by atoms with van der Waals surface area (Å²) >= 11 is 6.07. The lowest BCUT2D eigenvalue weighted by atomic mass is 9.94. The molecule has 0 aromatic heterocycles. The van der Waals surface area contributed by atoms with E-state index < -0.39 is 16.1 Å². The first-order chi connectivity index (χ1) is 12.6. The van der Waals surface area contributed by atoms with Crippen molar-refractivity contribution >= 4 is 21.6 Å². The molecule has 0 unspecified atom stereocenters. The van der Waals surface area contributed by atoms with Crippen molar-refractivity contribution < 1.29 is 17.9 Å². The summed E-state index contributed by atoms with van der Waals surface area (Å²) < 4.78 is 38.8. The molecule has 0 fully saturated rings. The predicted octanol–water partition coefficient (Wildman–Crippen LogP) is 4.83. The maximum absolute atomic E-state index is 12.8. The van der Waals surface area contributed by atoms with Crippen LogP contribution in [0.4, 0.5) is 0 Å². The number of aryl methyl sites for hydroxylation is 1. The largest absolute Gasteiger partial charge is 0.496 e. The van der Waals surface area contributed by atoms with E-state index in [9.17, 15) is 8.42 Å². The van der Waals surface area contributed by atoms with Gasteiger partial charge in [0.1, 0.15) is 11.5 Å². The van der Waals surface area contributed by atoms with Crippen molar-refractivity contribution in [2.24, 2.45) is 0 Å². The summed E-state index contributed by atoms with van der Waals surface area (Å²) in [5.41, 5.74) is 2.90. The quantitative estimate of drug-likeness (QED) is 0.708. The SMILES string of the molecule is COc1ccc(S(=O)(=O)N[C@@H](C)c2cc(C(C)C)c(OC)cc2C)cc1Cl. The van der Waals surface area contributed by atoms with Crippen LogP contribution in [0, 0.1) is 6.92 Å². The lowest BCUT2D eigenvalue weighted by molar-refractivity contribution is 0.406. The molecule has 7 heteroatoms. The molecule has 0 bridgehead atoms. The summed E-state index contributed by atoms with van der Waals surface area (Å²) in [4.78, 5) is 0.0930. The molecule has 1 atom stereocenters. The number of nitrogens with one attached hydrogen (secondary N) is 1. The highest BCUT2D eigenvalue weighted by Gasteiger charge is 2.22. The first-order valence-corrected chi connectivity index (χ1v) is 10.5. The summed E-state index contributed by atoms with van der Waals surface area (Å²) in [5.74, 6) is 1.49. The fourth-order valence-corrected chi connectivity index (χ4v) is 4.56. The number of halogens is 1. The number of rotatable bonds is 7. The Bertz CT molecular complexity index is 926. The Morgan fingerprint density at radius 3 is 2.11 bits per heavy atom. The lowest BCUT2D eigenvalue weighted by Crippen LogP contribution is -2.27. The molecular weight excluding hydrogens is 386 g/mol. The van der Waals surface area contributed by atoms with Crippen LogP contribution in [0.5, 0.6) is 11.5 Å². The standard InChI is InChI=1S/C20H26ClNO4S/c1-12(2)16-11-17(13(3)9-20(16)26-6)14(4)22-27(23,24)15-7-8-19(25-5)18(21)10-15/h7-12,14,22H,1-6H3/t14-/m0/s1. The molecule has 0 aliphatic rings. The van der Waals surface area contributed by atoms with Crippen molar-refractivity contribution in [2.75, 3.05) is 14.2 Å². The summed E-state index contributed by atoms with van der Waals surface area (Å²) in [7, 11) is -0.623. The number of benzene rings is 2. The van der Waals surface area contributed by atoms with Crippen molar-refractivity contribution in [3.63, 3.8) is 0 Å². The van der Waals surface area contributed by atoms with Gasteiger partial charge in [0.2, 0.25) is 10.0 Å². The molecule has 0 aliphatic carbocycles. The number of hydrogen-bond donors (Lipinski definition) is 1. The van der Waals surface area contributed by atoms with Crippen molar-refractivity contribution in [1.82, 2.24) is 4.72 Å². The zero-order valence-electron chi connectivity index (χ0n) is 16.5. The number of sulfonamides is 1. The Morgan fingerprint density at radius 1 is 0.963 bits per heavy atom. The van der Waals surface area contributed by atoms with Gasteiger partial charge in [0.25, 0.3) is 0 Å². The Morgan fingerprint density at radius 2 is 1.59 bits per heavy atom. The van der Waals surface area contributed by atoms with Gasteiger partial charge >= 0.3 is 0 Å². The smallest absolute Gasteiger partial charge is 0.241 e. The number of methoxy groups -OCH3 is 2. The van der Waals surface area contributed by atoms with Crippen molar-refractivity contribution in [3.05, 3.63) is 52.0 Å². The van der Waals surface area contributed by atoms with E-state index in [4.69, 9.17) is 21.1 Å². The second kappa shape index (κ2) is 8.50. The van der Waals surface area contributed by atoms with Crippen LogP contribution in [0.1, 0.15) is 49.4 Å². The highest BCUT2D eigenvalue weighted by molar-refractivity contribution is 7.89. The summed E-state index contributed by atoms with van der Waals surface area (Å²) in [6, 6.07) is 7.93. The highest BCUT2D eigenvalue weighted by atomic mass is 35.5. The molecule has 148 valence electrons. The van der Waals surface area contributed by atoms with Gasteiger partial charge < -0.3 is 9.47 Å². The van der Waals surface area contributed by atoms with Crippen LogP contribution in [0.15, 0.2) is 35.2 Å². The van der Waals surface area contributed by atoms with E-state index in [2.05, 4.69) is 18.6 Å². The second-order valence-electron chi connectivity index (χ2n) is 6.74. The van der Waals surface area contributed by atoms with Crippen LogP contribution in [0.3, 0.4) is 0 Å². The van der Waals surface area contributed by atoms with Gasteiger partial charge in [-0.15, -0.1) is 0 Å². The van der Waals surface area contributed by atoms with Gasteiger partial charge in [-0.1, -0.05) is 25.4 Å². The Kier molecular flexibility index (Phi) is 6.78. The minimum absolute atomic E-state index is 0.0930. The average molecular weight is 412 g/mol. The summed E-state index contributed by atoms with van der Waals surface area (Å²) in [6.07, 6.45) is 0. The van der Waals surface area contributed by atoms with Crippen molar-refractivity contribution in [3.8, 4) is 11.5 Å². The van der Waals surface area contributed by atoms with Gasteiger partial charge in [-0.25, -0.2) is 13.1 Å². The van der Waals surface area contributed by atoms with Crippen LogP contribution in [0.25, 0.3) is 0 Å². The third kappa shape index (κ3) is 4.75. The highest BCUT2D eigenvalue weighted by Crippen LogP contribution is 2.33. The Labute approximate surface area is 166 Å². The summed E-state index contributed by atoms with van der Waals surface area (Å²) in [6.45, 7) is 7.91. The molecule has 27 heavy (non-hydrogen) atoms. The zero-order chi connectivity index (χ0) is 20.4. The van der Waals surface area contributed by atoms with Gasteiger partial charge in [0.05, 0.1) is 24.1 Å². The Balaban J connectivity index is 2.37. The van der Waals surface area contributed by atoms with Gasteiger partial charge in [-0.05, 0) is 66.8 Å². The molecule has 0 radical (unpaired) electrons. The molecule has 5 nitrogen and oxygen atoms in total. The molecule has 0 spiro atoms. The molecule has 0 amide bonds. The van der Waals surface area contributed by atoms with Crippen LogP contribution < -0.4 is 14.2 Å². The van der Waals surface area contributed by atoms with Crippen LogP contribution in [-0.2, 0) is 10.0 Å². The molecule has 2 aromatic carbocycles. The van der Waals surface area contributed by atoms with E-state index in [1.807, 2.05) is 26.0 Å². The maximum Gasteiger partial charge on any atom is 0.241 e. The fourth-order valence-electron chi connectivity index (χ4n) is 2.99. The van der Waals surface area contributed by atoms with Gasteiger partial charge in [0, 0.05) is 6.04 Å². The van der Waals surface area contributed by atoms with Gasteiger partial charge in [-0.3, -0.25) is 0 Å². The second-order valence-corrected chi connectivity index (χ2v) is 8.87. The Hall–Kier alpha value is -1.76. The minimum Gasteiger partial charge on any atom is -0.496 e. The van der Waals surface area contributed by atoms with E-state index in [-0.39, 0.29) is 15.8 Å². The molecule has 1 N–H and O–H groups in total. The molecular formula is C20H26ClNO4S. The molecule has 0 heterocycles. The first-order valence-electron chi connectivity index (χ1n) is 8.65. The fraction of sp³-hybridized carbons (Fsp3) is 0.400. The van der Waals surface area contributed by atoms with E-state index in [0.29, 0.717) is 5.75 Å². The van der Waals surface area contributed by atoms with E-state index >= 15 is 0 Å². The number of ether oxygens (including phenoxy) is 2. The normalized spacial score (nSPS) is 12.9. The summed E-state index contributed by atoms with van der Waals surface area (Å²) in [5, 5.41) is 0.246. The van der Waals surface area contributed by atoms with Gasteiger partial charge in [-0.2, -0.15) is 0 Å². The molecule has 0 saturated heterocycles. The molecule has 0 aliphatic heterocycles. The zero-order valence-corrected chi connectivity index (χ0v) is 18.0. The molecule has 2 aromatic rings. The molecule has 2 rings (SSSR count). The van der Waals surface area contributed by atoms with E-state index in [0.717, 1.165) is 22.4 Å². The first kappa shape index (κ1) is 21.5. The molecule has 0 saturated carbocycles. The predicted molar refractivity (Wildman–Crippen MR) is 109 cm³/mol. The van der Waals surface area contributed by atoms with Crippen LogP contribution in [0.2, 0.25) is 5.02 Å². The topological polar surface area (TPSA) is 64.6 Å². The van der Waals surface area contributed by atoms with Crippen LogP contribution >= 0.6 is 11.6 Å².